The quantitative estimate of drug-likeness (QED) is 0.567. The summed E-state index contributed by atoms with van der Waals surface area (Å²) < 4.78 is 10.9. The predicted molar refractivity (Wildman–Crippen MR) is 116 cm³/mol. The fourth-order valence-corrected chi connectivity index (χ4v) is 2.99. The lowest BCUT2D eigenvalue weighted by Crippen LogP contribution is -2.26. The zero-order valence-electron chi connectivity index (χ0n) is 16.2. The van der Waals surface area contributed by atoms with Crippen molar-refractivity contribution in [3.63, 3.8) is 0 Å². The summed E-state index contributed by atoms with van der Waals surface area (Å²) in [7, 11) is 0. The first-order chi connectivity index (χ1) is 13.9. The van der Waals surface area contributed by atoms with Gasteiger partial charge in [-0.1, -0.05) is 47.2 Å². The maximum absolute atomic E-state index is 11.2. The SMILES string of the molecule is CCOC(Cc1ccc(OCC=C(C)C#Cc2cc(Cl)cc(Cl)c2)cc1)C(=O)O. The number of rotatable bonds is 8. The summed E-state index contributed by atoms with van der Waals surface area (Å²) in [6.07, 6.45) is 1.35. The van der Waals surface area contributed by atoms with Crippen molar-refractivity contribution in [2.45, 2.75) is 26.4 Å². The summed E-state index contributed by atoms with van der Waals surface area (Å²) in [6, 6.07) is 12.5. The van der Waals surface area contributed by atoms with Crippen molar-refractivity contribution in [3.05, 3.63) is 75.3 Å². The van der Waals surface area contributed by atoms with Gasteiger partial charge in [0.2, 0.25) is 0 Å². The smallest absolute Gasteiger partial charge is 0.333 e. The Hall–Kier alpha value is -2.45. The summed E-state index contributed by atoms with van der Waals surface area (Å²) in [5.41, 5.74) is 2.48. The van der Waals surface area contributed by atoms with Crippen LogP contribution in [0.5, 0.6) is 5.75 Å². The Morgan fingerprint density at radius 1 is 1.17 bits per heavy atom. The first kappa shape index (κ1) is 22.8. The fourth-order valence-electron chi connectivity index (χ4n) is 2.47. The van der Waals surface area contributed by atoms with Gasteiger partial charge in [0.15, 0.2) is 6.10 Å². The van der Waals surface area contributed by atoms with E-state index in [0.29, 0.717) is 35.4 Å². The molecule has 0 aromatic heterocycles. The van der Waals surface area contributed by atoms with Crippen molar-refractivity contribution < 1.29 is 19.4 Å². The molecule has 0 amide bonds. The molecule has 0 aliphatic rings. The van der Waals surface area contributed by atoms with E-state index >= 15 is 0 Å². The molecule has 0 spiro atoms. The zero-order valence-corrected chi connectivity index (χ0v) is 17.8. The first-order valence-electron chi connectivity index (χ1n) is 9.08. The summed E-state index contributed by atoms with van der Waals surface area (Å²) in [5, 5.41) is 10.2. The average Bonchev–Trinajstić information content (AvgIpc) is 2.66. The largest absolute Gasteiger partial charge is 0.490 e. The minimum atomic E-state index is -0.964. The molecule has 152 valence electrons. The van der Waals surface area contributed by atoms with Crippen LogP contribution in [0.1, 0.15) is 25.0 Å². The van der Waals surface area contributed by atoms with Crippen molar-refractivity contribution in [2.24, 2.45) is 0 Å². The summed E-state index contributed by atoms with van der Waals surface area (Å²) in [6.45, 7) is 4.40. The van der Waals surface area contributed by atoms with Gasteiger partial charge in [0.05, 0.1) is 0 Å². The van der Waals surface area contributed by atoms with Gasteiger partial charge < -0.3 is 14.6 Å². The molecule has 0 aliphatic heterocycles. The monoisotopic (exact) mass is 432 g/mol. The molecule has 1 unspecified atom stereocenters. The maximum atomic E-state index is 11.2. The molecule has 0 saturated heterocycles. The van der Waals surface area contributed by atoms with Gasteiger partial charge in [-0.3, -0.25) is 0 Å². The summed E-state index contributed by atoms with van der Waals surface area (Å²) in [5.74, 6) is 5.78. The van der Waals surface area contributed by atoms with Gasteiger partial charge in [-0.25, -0.2) is 4.79 Å². The van der Waals surface area contributed by atoms with E-state index in [1.807, 2.05) is 37.3 Å². The summed E-state index contributed by atoms with van der Waals surface area (Å²) in [4.78, 5) is 11.2. The van der Waals surface area contributed by atoms with Crippen molar-refractivity contribution in [1.82, 2.24) is 0 Å². The summed E-state index contributed by atoms with van der Waals surface area (Å²) >= 11 is 11.9. The number of allylic oxidation sites excluding steroid dienone is 1. The molecule has 2 aromatic carbocycles. The predicted octanol–water partition coefficient (Wildman–Crippen LogP) is 5.40. The third kappa shape index (κ3) is 8.21. The second-order valence-corrected chi connectivity index (χ2v) is 7.11. The van der Waals surface area contributed by atoms with Crippen molar-refractivity contribution in [3.8, 4) is 17.6 Å². The van der Waals surface area contributed by atoms with Gasteiger partial charge in [-0.05, 0) is 61.4 Å². The maximum Gasteiger partial charge on any atom is 0.333 e. The molecule has 0 saturated carbocycles. The number of ether oxygens (including phenoxy) is 2. The second kappa shape index (κ2) is 11.5. The number of carboxylic acids is 1. The Morgan fingerprint density at radius 3 is 2.41 bits per heavy atom. The topological polar surface area (TPSA) is 55.8 Å². The standard InChI is InChI=1S/C23H22Cl2O4/c1-3-28-22(23(26)27)14-17-6-8-21(9-7-17)29-11-10-16(2)4-5-18-12-19(24)15-20(25)13-18/h6-10,12-13,15,22H,3,11,14H2,1-2H3,(H,26,27). The normalized spacial score (nSPS) is 12.1. The Labute approximate surface area is 181 Å². The molecule has 2 aromatic rings. The molecule has 1 N–H and O–H groups in total. The number of benzene rings is 2. The molecule has 1 atom stereocenters. The molecular weight excluding hydrogens is 411 g/mol. The highest BCUT2D eigenvalue weighted by atomic mass is 35.5. The van der Waals surface area contributed by atoms with Crippen LogP contribution in [-0.4, -0.2) is 30.4 Å². The van der Waals surface area contributed by atoms with Gasteiger partial charge in [0, 0.05) is 28.6 Å². The Morgan fingerprint density at radius 2 is 1.83 bits per heavy atom. The van der Waals surface area contributed by atoms with Gasteiger partial charge in [-0.15, -0.1) is 0 Å². The average molecular weight is 433 g/mol. The lowest BCUT2D eigenvalue weighted by atomic mass is 10.1. The van der Waals surface area contributed by atoms with E-state index < -0.39 is 12.1 Å². The van der Waals surface area contributed by atoms with E-state index in [0.717, 1.165) is 16.7 Å². The fraction of sp³-hybridized carbons (Fsp3) is 0.261. The van der Waals surface area contributed by atoms with Crippen molar-refractivity contribution in [1.29, 1.82) is 0 Å². The second-order valence-electron chi connectivity index (χ2n) is 6.24. The highest BCUT2D eigenvalue weighted by Gasteiger charge is 2.17. The minimum Gasteiger partial charge on any atom is -0.490 e. The third-order valence-electron chi connectivity index (χ3n) is 3.89. The van der Waals surface area contributed by atoms with E-state index in [1.165, 1.54) is 0 Å². The molecule has 0 aliphatic carbocycles. The van der Waals surface area contributed by atoms with E-state index in [-0.39, 0.29) is 0 Å². The lowest BCUT2D eigenvalue weighted by Gasteiger charge is -2.12. The molecular formula is C23H22Cl2O4. The van der Waals surface area contributed by atoms with Crippen LogP contribution in [0, 0.1) is 11.8 Å². The molecule has 2 rings (SSSR count). The van der Waals surface area contributed by atoms with Crippen molar-refractivity contribution in [2.75, 3.05) is 13.2 Å². The highest BCUT2D eigenvalue weighted by Crippen LogP contribution is 2.18. The van der Waals surface area contributed by atoms with Crippen LogP contribution in [0.3, 0.4) is 0 Å². The number of carbonyl (C=O) groups is 1. The van der Waals surface area contributed by atoms with Crippen LogP contribution < -0.4 is 4.74 Å². The number of hydrogen-bond donors (Lipinski definition) is 1. The molecule has 4 nitrogen and oxygen atoms in total. The third-order valence-corrected chi connectivity index (χ3v) is 4.33. The van der Waals surface area contributed by atoms with Gasteiger partial charge in [-0.2, -0.15) is 0 Å². The number of halogens is 2. The van der Waals surface area contributed by atoms with E-state index in [9.17, 15) is 4.79 Å². The number of aliphatic carboxylic acids is 1. The van der Waals surface area contributed by atoms with Crippen LogP contribution in [-0.2, 0) is 16.0 Å². The van der Waals surface area contributed by atoms with Crippen LogP contribution in [0.15, 0.2) is 54.1 Å². The van der Waals surface area contributed by atoms with Crippen molar-refractivity contribution >= 4 is 29.2 Å². The molecule has 0 radical (unpaired) electrons. The zero-order chi connectivity index (χ0) is 21.2. The molecule has 0 heterocycles. The highest BCUT2D eigenvalue weighted by molar-refractivity contribution is 6.34. The lowest BCUT2D eigenvalue weighted by molar-refractivity contribution is -0.149. The van der Waals surface area contributed by atoms with Crippen LogP contribution in [0.25, 0.3) is 0 Å². The van der Waals surface area contributed by atoms with Crippen LogP contribution in [0.2, 0.25) is 10.0 Å². The Bertz CT molecular complexity index is 904. The first-order valence-corrected chi connectivity index (χ1v) is 9.84. The number of carboxylic acid groups (broad SMARTS) is 1. The van der Waals surface area contributed by atoms with E-state index in [1.54, 1.807) is 25.1 Å². The van der Waals surface area contributed by atoms with Gasteiger partial charge in [0.1, 0.15) is 12.4 Å². The Balaban J connectivity index is 1.89. The van der Waals surface area contributed by atoms with E-state index in [4.69, 9.17) is 37.8 Å². The number of hydrogen-bond acceptors (Lipinski definition) is 3. The molecule has 0 bridgehead atoms. The van der Waals surface area contributed by atoms with Gasteiger partial charge >= 0.3 is 5.97 Å². The van der Waals surface area contributed by atoms with Crippen LogP contribution >= 0.6 is 23.2 Å². The van der Waals surface area contributed by atoms with Crippen LogP contribution in [0.4, 0.5) is 0 Å². The molecule has 29 heavy (non-hydrogen) atoms. The van der Waals surface area contributed by atoms with Gasteiger partial charge in [0.25, 0.3) is 0 Å². The minimum absolute atomic E-state index is 0.311. The molecule has 6 heteroatoms. The Kier molecular flexibility index (Phi) is 9.08. The molecule has 0 fully saturated rings. The van der Waals surface area contributed by atoms with E-state index in [2.05, 4.69) is 11.8 Å².